The molecule has 0 saturated carbocycles. The van der Waals surface area contributed by atoms with Crippen molar-refractivity contribution in [3.8, 4) is 0 Å². The van der Waals surface area contributed by atoms with E-state index >= 15 is 0 Å². The molecular formula is C39H73NO3. The van der Waals surface area contributed by atoms with E-state index in [9.17, 15) is 9.59 Å². The zero-order valence-electron chi connectivity index (χ0n) is 29.1. The average Bonchev–Trinajstić information content (AvgIpc) is 3.00. The largest absolute Gasteiger partial charge is 0.461 e. The monoisotopic (exact) mass is 604 g/mol. The standard InChI is InChI=1S/C39H73NO3/c1-4-6-8-10-12-14-16-18-20-22-24-26-28-30-32-34-38(41)40-36-37(3)43-39(42)35-33-31-29-27-25-23-21-19-17-15-13-11-9-7-5-2/h18-21,37H,4-17,22-36H2,1-3H3,(H,40,41)/b20-18-,21-19-. The number of unbranched alkanes of at least 4 members (excludes halogenated alkanes) is 22. The molecule has 0 heterocycles. The predicted octanol–water partition coefficient (Wildman–Crippen LogP) is 12.1. The van der Waals surface area contributed by atoms with Crippen molar-refractivity contribution in [3.05, 3.63) is 24.3 Å². The van der Waals surface area contributed by atoms with Crippen LogP contribution >= 0.6 is 0 Å². The van der Waals surface area contributed by atoms with E-state index in [1.54, 1.807) is 0 Å². The summed E-state index contributed by atoms with van der Waals surface area (Å²) in [5.74, 6) is -0.0746. The lowest BCUT2D eigenvalue weighted by atomic mass is 10.1. The van der Waals surface area contributed by atoms with Gasteiger partial charge in [0, 0.05) is 12.8 Å². The molecule has 0 radical (unpaired) electrons. The van der Waals surface area contributed by atoms with Crippen molar-refractivity contribution >= 4 is 11.9 Å². The lowest BCUT2D eigenvalue weighted by Gasteiger charge is -2.14. The minimum Gasteiger partial charge on any atom is -0.461 e. The number of ether oxygens (including phenoxy) is 1. The summed E-state index contributed by atoms with van der Waals surface area (Å²) in [4.78, 5) is 24.2. The number of carbonyl (C=O) groups is 2. The van der Waals surface area contributed by atoms with Gasteiger partial charge in [-0.25, -0.2) is 0 Å². The number of rotatable bonds is 33. The van der Waals surface area contributed by atoms with Crippen molar-refractivity contribution in [1.29, 1.82) is 0 Å². The third-order valence-electron chi connectivity index (χ3n) is 8.23. The van der Waals surface area contributed by atoms with Crippen LogP contribution in [-0.4, -0.2) is 24.5 Å². The Morgan fingerprint density at radius 1 is 0.512 bits per heavy atom. The number of allylic oxidation sites excluding steroid dienone is 4. The Labute approximate surface area is 268 Å². The Morgan fingerprint density at radius 2 is 0.860 bits per heavy atom. The molecule has 0 aliphatic rings. The molecular weight excluding hydrogens is 530 g/mol. The quantitative estimate of drug-likeness (QED) is 0.0461. The van der Waals surface area contributed by atoms with Crippen LogP contribution in [0.25, 0.3) is 0 Å². The van der Waals surface area contributed by atoms with E-state index < -0.39 is 0 Å². The second kappa shape index (κ2) is 34.9. The minimum absolute atomic E-state index is 0.0674. The topological polar surface area (TPSA) is 55.4 Å². The minimum atomic E-state index is -0.270. The van der Waals surface area contributed by atoms with Gasteiger partial charge in [0.25, 0.3) is 0 Å². The van der Waals surface area contributed by atoms with Crippen molar-refractivity contribution in [3.63, 3.8) is 0 Å². The molecule has 0 aliphatic carbocycles. The van der Waals surface area contributed by atoms with Gasteiger partial charge in [0.2, 0.25) is 5.91 Å². The Kier molecular flexibility index (Phi) is 33.6. The summed E-state index contributed by atoms with van der Waals surface area (Å²) in [7, 11) is 0. The fourth-order valence-electron chi connectivity index (χ4n) is 5.37. The Morgan fingerprint density at radius 3 is 1.28 bits per heavy atom. The molecule has 43 heavy (non-hydrogen) atoms. The lowest BCUT2D eigenvalue weighted by Crippen LogP contribution is -2.33. The molecule has 4 heteroatoms. The van der Waals surface area contributed by atoms with E-state index in [-0.39, 0.29) is 18.0 Å². The van der Waals surface area contributed by atoms with Crippen molar-refractivity contribution in [2.45, 2.75) is 207 Å². The van der Waals surface area contributed by atoms with E-state index in [2.05, 4.69) is 43.5 Å². The SMILES string of the molecule is CCCCCCCC/C=C\CCCCCCCC(=O)NCC(C)OC(=O)CCCCCCC/C=C\CCCCCCCC. The molecule has 0 bridgehead atoms. The molecule has 4 nitrogen and oxygen atoms in total. The molecule has 0 aromatic rings. The van der Waals surface area contributed by atoms with Crippen molar-refractivity contribution in [2.24, 2.45) is 0 Å². The van der Waals surface area contributed by atoms with Crippen LogP contribution in [0.15, 0.2) is 24.3 Å². The molecule has 0 spiro atoms. The Bertz CT molecular complexity index is 657. The molecule has 0 rings (SSSR count). The number of amides is 1. The molecule has 1 N–H and O–H groups in total. The van der Waals surface area contributed by atoms with Gasteiger partial charge < -0.3 is 10.1 Å². The summed E-state index contributed by atoms with van der Waals surface area (Å²) in [6.45, 7) is 6.80. The third kappa shape index (κ3) is 34.8. The predicted molar refractivity (Wildman–Crippen MR) is 187 cm³/mol. The van der Waals surface area contributed by atoms with E-state index in [0.29, 0.717) is 19.4 Å². The summed E-state index contributed by atoms with van der Waals surface area (Å²) in [5.41, 5.74) is 0. The van der Waals surface area contributed by atoms with Gasteiger partial charge in [0.1, 0.15) is 6.10 Å². The van der Waals surface area contributed by atoms with Gasteiger partial charge >= 0.3 is 5.97 Å². The fourth-order valence-corrected chi connectivity index (χ4v) is 5.37. The highest BCUT2D eigenvalue weighted by Crippen LogP contribution is 2.12. The zero-order valence-corrected chi connectivity index (χ0v) is 29.1. The highest BCUT2D eigenvalue weighted by molar-refractivity contribution is 5.75. The van der Waals surface area contributed by atoms with E-state index in [0.717, 1.165) is 25.7 Å². The van der Waals surface area contributed by atoms with Gasteiger partial charge in [-0.3, -0.25) is 9.59 Å². The van der Waals surface area contributed by atoms with Crippen LogP contribution < -0.4 is 5.32 Å². The maximum atomic E-state index is 12.1. The first-order valence-corrected chi connectivity index (χ1v) is 18.9. The van der Waals surface area contributed by atoms with Crippen LogP contribution in [0.5, 0.6) is 0 Å². The molecule has 0 fully saturated rings. The van der Waals surface area contributed by atoms with Gasteiger partial charge in [0.05, 0.1) is 6.54 Å². The summed E-state index contributed by atoms with van der Waals surface area (Å²) in [5, 5.41) is 2.93. The van der Waals surface area contributed by atoms with Crippen LogP contribution in [0.2, 0.25) is 0 Å². The van der Waals surface area contributed by atoms with Crippen LogP contribution in [0, 0.1) is 0 Å². The van der Waals surface area contributed by atoms with Crippen molar-refractivity contribution in [2.75, 3.05) is 6.54 Å². The first-order valence-electron chi connectivity index (χ1n) is 18.9. The first-order chi connectivity index (χ1) is 21.1. The fraction of sp³-hybridized carbons (Fsp3) is 0.846. The lowest BCUT2D eigenvalue weighted by molar-refractivity contribution is -0.148. The summed E-state index contributed by atoms with van der Waals surface area (Å²) in [6.07, 6.45) is 42.8. The number of hydrogen-bond acceptors (Lipinski definition) is 3. The maximum absolute atomic E-state index is 12.1. The number of hydrogen-bond donors (Lipinski definition) is 1. The summed E-state index contributed by atoms with van der Waals surface area (Å²) < 4.78 is 5.48. The number of carbonyl (C=O) groups excluding carboxylic acids is 2. The molecule has 1 unspecified atom stereocenters. The van der Waals surface area contributed by atoms with Gasteiger partial charge in [-0.15, -0.1) is 0 Å². The first kappa shape index (κ1) is 41.4. The van der Waals surface area contributed by atoms with Gasteiger partial charge in [-0.1, -0.05) is 141 Å². The highest BCUT2D eigenvalue weighted by atomic mass is 16.5. The summed E-state index contributed by atoms with van der Waals surface area (Å²) in [6, 6.07) is 0. The average molecular weight is 604 g/mol. The summed E-state index contributed by atoms with van der Waals surface area (Å²) >= 11 is 0. The van der Waals surface area contributed by atoms with Crippen LogP contribution in [0.4, 0.5) is 0 Å². The van der Waals surface area contributed by atoms with E-state index in [1.807, 2.05) is 6.92 Å². The Hall–Kier alpha value is -1.58. The van der Waals surface area contributed by atoms with E-state index in [1.165, 1.54) is 141 Å². The van der Waals surface area contributed by atoms with Crippen LogP contribution in [-0.2, 0) is 14.3 Å². The second-order valence-corrected chi connectivity index (χ2v) is 12.8. The molecule has 0 saturated heterocycles. The Balaban J connectivity index is 3.46. The molecule has 0 aromatic heterocycles. The van der Waals surface area contributed by atoms with Crippen LogP contribution in [0.1, 0.15) is 201 Å². The third-order valence-corrected chi connectivity index (χ3v) is 8.23. The molecule has 1 atom stereocenters. The molecule has 0 aromatic carbocycles. The van der Waals surface area contributed by atoms with Gasteiger partial charge in [-0.2, -0.15) is 0 Å². The number of nitrogens with one attached hydrogen (secondary N) is 1. The van der Waals surface area contributed by atoms with Crippen molar-refractivity contribution in [1.82, 2.24) is 5.32 Å². The van der Waals surface area contributed by atoms with Crippen LogP contribution in [0.3, 0.4) is 0 Å². The van der Waals surface area contributed by atoms with Gasteiger partial charge in [-0.05, 0) is 71.1 Å². The second-order valence-electron chi connectivity index (χ2n) is 12.8. The molecule has 0 aliphatic heterocycles. The molecule has 252 valence electrons. The normalized spacial score (nSPS) is 12.3. The number of esters is 1. The smallest absolute Gasteiger partial charge is 0.306 e. The maximum Gasteiger partial charge on any atom is 0.306 e. The van der Waals surface area contributed by atoms with Crippen molar-refractivity contribution < 1.29 is 14.3 Å². The van der Waals surface area contributed by atoms with E-state index in [4.69, 9.17) is 4.74 Å². The van der Waals surface area contributed by atoms with Gasteiger partial charge in [0.15, 0.2) is 0 Å². The highest BCUT2D eigenvalue weighted by Gasteiger charge is 2.11. The zero-order chi connectivity index (χ0) is 31.5. The molecule has 1 amide bonds.